The molecule has 7 heteroatoms. The van der Waals surface area contributed by atoms with Crippen LogP contribution in [0.4, 0.5) is 5.82 Å². The molecule has 0 bridgehead atoms. The summed E-state index contributed by atoms with van der Waals surface area (Å²) in [6.07, 6.45) is 1.87. The summed E-state index contributed by atoms with van der Waals surface area (Å²) in [5.74, 6) is 1.11. The quantitative estimate of drug-likeness (QED) is 0.553. The largest absolute Gasteiger partial charge is 0.469 e. The van der Waals surface area contributed by atoms with Crippen molar-refractivity contribution in [2.75, 3.05) is 39.3 Å². The summed E-state index contributed by atoms with van der Waals surface area (Å²) < 4.78 is 20.3. The molecule has 0 spiro atoms. The van der Waals surface area contributed by atoms with Gasteiger partial charge >= 0.3 is 5.97 Å². The molecule has 136 valence electrons. The van der Waals surface area contributed by atoms with Crippen LogP contribution in [0.3, 0.4) is 0 Å². The van der Waals surface area contributed by atoms with Gasteiger partial charge in [-0.05, 0) is 36.4 Å². The zero-order chi connectivity index (χ0) is 17.7. The van der Waals surface area contributed by atoms with E-state index < -0.39 is 0 Å². The summed E-state index contributed by atoms with van der Waals surface area (Å²) in [6, 6.07) is 2.04. The Labute approximate surface area is 148 Å². The fourth-order valence-corrected chi connectivity index (χ4v) is 4.31. The van der Waals surface area contributed by atoms with Crippen LogP contribution in [0.5, 0.6) is 0 Å². The van der Waals surface area contributed by atoms with E-state index in [0.29, 0.717) is 5.92 Å². The monoisotopic (exact) mass is 356 g/mol. The van der Waals surface area contributed by atoms with Gasteiger partial charge in [0.15, 0.2) is 6.29 Å². The highest BCUT2D eigenvalue weighted by molar-refractivity contribution is 7.06. The Balaban J connectivity index is 2.02. The maximum absolute atomic E-state index is 12.0. The average Bonchev–Trinajstić information content (AvgIpc) is 3.05. The minimum atomic E-state index is -0.245. The molecule has 2 rings (SSSR count). The van der Waals surface area contributed by atoms with Crippen molar-refractivity contribution in [3.63, 3.8) is 0 Å². The van der Waals surface area contributed by atoms with Gasteiger partial charge in [-0.2, -0.15) is 4.37 Å². The standard InChI is InChI=1S/C17H28N2O4S/c1-11(2)15(16(20)21-3)13-10-14(18-24-13)19-8-6-12(7-9-19)17(22-4)23-5/h10-12,15,17H,6-9H2,1-5H3. The summed E-state index contributed by atoms with van der Waals surface area (Å²) in [4.78, 5) is 15.3. The average molecular weight is 356 g/mol. The van der Waals surface area contributed by atoms with Crippen molar-refractivity contribution in [3.05, 3.63) is 10.9 Å². The van der Waals surface area contributed by atoms with Gasteiger partial charge < -0.3 is 19.1 Å². The lowest BCUT2D eigenvalue weighted by Gasteiger charge is -2.34. The van der Waals surface area contributed by atoms with E-state index in [1.54, 1.807) is 14.2 Å². The van der Waals surface area contributed by atoms with Crippen molar-refractivity contribution in [1.82, 2.24) is 4.37 Å². The van der Waals surface area contributed by atoms with Gasteiger partial charge in [0.25, 0.3) is 0 Å². The zero-order valence-electron chi connectivity index (χ0n) is 15.2. The van der Waals surface area contributed by atoms with E-state index in [9.17, 15) is 4.79 Å². The second kappa shape index (κ2) is 8.78. The molecule has 2 heterocycles. The predicted molar refractivity (Wildman–Crippen MR) is 94.5 cm³/mol. The zero-order valence-corrected chi connectivity index (χ0v) is 16.0. The number of carbonyl (C=O) groups is 1. The number of nitrogens with zero attached hydrogens (tertiary/aromatic N) is 2. The number of aromatic nitrogens is 1. The fraction of sp³-hybridized carbons (Fsp3) is 0.765. The summed E-state index contributed by atoms with van der Waals surface area (Å²) in [6.45, 7) is 5.90. The van der Waals surface area contributed by atoms with E-state index in [0.717, 1.165) is 36.6 Å². The van der Waals surface area contributed by atoms with Crippen molar-refractivity contribution in [2.24, 2.45) is 11.8 Å². The lowest BCUT2D eigenvalue weighted by Crippen LogP contribution is -2.39. The SMILES string of the molecule is COC(=O)C(c1cc(N2CCC(C(OC)OC)CC2)ns1)C(C)C. The lowest BCUT2D eigenvalue weighted by molar-refractivity contribution is -0.143. The molecule has 1 unspecified atom stereocenters. The van der Waals surface area contributed by atoms with Gasteiger partial charge in [0, 0.05) is 38.1 Å². The Morgan fingerprint density at radius 2 is 1.88 bits per heavy atom. The number of methoxy groups -OCH3 is 3. The van der Waals surface area contributed by atoms with E-state index in [1.165, 1.54) is 18.6 Å². The van der Waals surface area contributed by atoms with Crippen LogP contribution in [0.25, 0.3) is 0 Å². The van der Waals surface area contributed by atoms with Crippen LogP contribution in [-0.4, -0.2) is 51.1 Å². The molecule has 1 atom stereocenters. The second-order valence-electron chi connectivity index (χ2n) is 6.50. The molecule has 0 radical (unpaired) electrons. The topological polar surface area (TPSA) is 60.9 Å². The van der Waals surface area contributed by atoms with Gasteiger partial charge in [0.1, 0.15) is 5.82 Å². The Morgan fingerprint density at radius 3 is 2.38 bits per heavy atom. The summed E-state index contributed by atoms with van der Waals surface area (Å²) in [7, 11) is 4.81. The van der Waals surface area contributed by atoms with Crippen molar-refractivity contribution < 1.29 is 19.0 Å². The molecule has 1 fully saturated rings. The molecule has 1 aromatic rings. The van der Waals surface area contributed by atoms with Crippen LogP contribution < -0.4 is 4.90 Å². The first-order valence-electron chi connectivity index (χ1n) is 8.36. The number of ether oxygens (including phenoxy) is 3. The van der Waals surface area contributed by atoms with Crippen molar-refractivity contribution in [2.45, 2.75) is 38.9 Å². The smallest absolute Gasteiger partial charge is 0.314 e. The van der Waals surface area contributed by atoms with Crippen LogP contribution >= 0.6 is 11.5 Å². The molecule has 1 saturated heterocycles. The fourth-order valence-electron chi connectivity index (χ4n) is 3.30. The van der Waals surface area contributed by atoms with Crippen molar-refractivity contribution in [3.8, 4) is 0 Å². The third-order valence-electron chi connectivity index (χ3n) is 4.66. The van der Waals surface area contributed by atoms with Crippen molar-refractivity contribution >= 4 is 23.3 Å². The number of carbonyl (C=O) groups excluding carboxylic acids is 1. The Bertz CT molecular complexity index is 522. The van der Waals surface area contributed by atoms with Gasteiger partial charge in [-0.3, -0.25) is 4.79 Å². The number of anilines is 1. The van der Waals surface area contributed by atoms with E-state index in [-0.39, 0.29) is 24.1 Å². The first-order valence-corrected chi connectivity index (χ1v) is 9.14. The van der Waals surface area contributed by atoms with Crippen LogP contribution in [0.2, 0.25) is 0 Å². The molecule has 0 amide bonds. The maximum atomic E-state index is 12.0. The van der Waals surface area contributed by atoms with Crippen LogP contribution in [-0.2, 0) is 19.0 Å². The molecule has 6 nitrogen and oxygen atoms in total. The summed E-state index contributed by atoms with van der Waals surface area (Å²) >= 11 is 1.40. The first kappa shape index (κ1) is 19.1. The van der Waals surface area contributed by atoms with E-state index in [2.05, 4.69) is 9.27 Å². The van der Waals surface area contributed by atoms with E-state index >= 15 is 0 Å². The number of piperidine rings is 1. The molecule has 0 N–H and O–H groups in total. The summed E-state index contributed by atoms with van der Waals surface area (Å²) in [5.41, 5.74) is 0. The van der Waals surface area contributed by atoms with Gasteiger partial charge in [0.05, 0.1) is 13.0 Å². The molecule has 0 saturated carbocycles. The first-order chi connectivity index (χ1) is 11.5. The van der Waals surface area contributed by atoms with Gasteiger partial charge in [-0.15, -0.1) is 0 Å². The van der Waals surface area contributed by atoms with Crippen LogP contribution in [0.15, 0.2) is 6.07 Å². The number of hydrogen-bond donors (Lipinski definition) is 0. The van der Waals surface area contributed by atoms with Crippen LogP contribution in [0, 0.1) is 11.8 Å². The van der Waals surface area contributed by atoms with Crippen molar-refractivity contribution in [1.29, 1.82) is 0 Å². The Kier molecular flexibility index (Phi) is 7.01. The molecular formula is C17H28N2O4S. The van der Waals surface area contributed by atoms with E-state index in [1.807, 2.05) is 19.9 Å². The highest BCUT2D eigenvalue weighted by Gasteiger charge is 2.30. The molecule has 24 heavy (non-hydrogen) atoms. The highest BCUT2D eigenvalue weighted by atomic mass is 32.1. The van der Waals surface area contributed by atoms with E-state index in [4.69, 9.17) is 14.2 Å². The molecule has 0 aliphatic carbocycles. The predicted octanol–water partition coefficient (Wildman–Crippen LogP) is 2.89. The number of rotatable bonds is 7. The third kappa shape index (κ3) is 4.26. The number of hydrogen-bond acceptors (Lipinski definition) is 7. The Hall–Kier alpha value is -1.18. The lowest BCUT2D eigenvalue weighted by atomic mass is 9.94. The molecular weight excluding hydrogens is 328 g/mol. The van der Waals surface area contributed by atoms with Gasteiger partial charge in [-0.25, -0.2) is 0 Å². The Morgan fingerprint density at radius 1 is 1.25 bits per heavy atom. The normalized spacial score (nSPS) is 17.5. The van der Waals surface area contributed by atoms with Gasteiger partial charge in [-0.1, -0.05) is 13.8 Å². The minimum Gasteiger partial charge on any atom is -0.469 e. The molecule has 1 aliphatic rings. The highest BCUT2D eigenvalue weighted by Crippen LogP contribution is 2.33. The second-order valence-corrected chi connectivity index (χ2v) is 7.33. The molecule has 1 aliphatic heterocycles. The molecule has 1 aromatic heterocycles. The minimum absolute atomic E-state index is 0.136. The third-order valence-corrected chi connectivity index (χ3v) is 5.52. The summed E-state index contributed by atoms with van der Waals surface area (Å²) in [5, 5.41) is 0. The maximum Gasteiger partial charge on any atom is 0.314 e. The number of esters is 1. The van der Waals surface area contributed by atoms with Gasteiger partial charge in [0.2, 0.25) is 0 Å². The van der Waals surface area contributed by atoms with Crippen LogP contribution in [0.1, 0.15) is 37.5 Å². The molecule has 0 aromatic carbocycles.